The molecule has 1 aromatic rings. The molecule has 1 saturated carbocycles. The lowest BCUT2D eigenvalue weighted by molar-refractivity contribution is -0.127. The zero-order valence-electron chi connectivity index (χ0n) is 13.4. The lowest BCUT2D eigenvalue weighted by atomic mass is 9.77. The number of hydrogen-bond acceptors (Lipinski definition) is 2. The average molecular weight is 323 g/mol. The van der Waals surface area contributed by atoms with Crippen molar-refractivity contribution in [3.05, 3.63) is 35.4 Å². The zero-order valence-corrected chi connectivity index (χ0v) is 14.2. The van der Waals surface area contributed by atoms with Gasteiger partial charge in [0.1, 0.15) is 0 Å². The van der Waals surface area contributed by atoms with Gasteiger partial charge in [0.2, 0.25) is 5.91 Å². The van der Waals surface area contributed by atoms with Crippen LogP contribution in [0.2, 0.25) is 0 Å². The van der Waals surface area contributed by atoms with Crippen molar-refractivity contribution < 1.29 is 4.79 Å². The molecule has 3 rings (SSSR count). The van der Waals surface area contributed by atoms with Gasteiger partial charge in [-0.15, -0.1) is 12.4 Å². The maximum Gasteiger partial charge on any atom is 0.230 e. The molecule has 1 aliphatic heterocycles. The molecule has 2 fully saturated rings. The summed E-state index contributed by atoms with van der Waals surface area (Å²) in [6, 6.07) is 8.88. The second-order valence-electron chi connectivity index (χ2n) is 6.66. The summed E-state index contributed by atoms with van der Waals surface area (Å²) in [6.45, 7) is 4.14. The van der Waals surface area contributed by atoms with E-state index in [1.165, 1.54) is 11.1 Å². The van der Waals surface area contributed by atoms with Gasteiger partial charge in [0.15, 0.2) is 0 Å². The fourth-order valence-electron chi connectivity index (χ4n) is 3.86. The first-order chi connectivity index (χ1) is 10.2. The molecule has 4 heteroatoms. The van der Waals surface area contributed by atoms with E-state index in [0.717, 1.165) is 51.6 Å². The van der Waals surface area contributed by atoms with Crippen LogP contribution < -0.4 is 10.6 Å². The number of amides is 1. The van der Waals surface area contributed by atoms with Crippen LogP contribution in [0.4, 0.5) is 0 Å². The van der Waals surface area contributed by atoms with Crippen LogP contribution >= 0.6 is 12.4 Å². The topological polar surface area (TPSA) is 41.1 Å². The number of aryl methyl sites for hydroxylation is 1. The van der Waals surface area contributed by atoms with Crippen LogP contribution in [0.3, 0.4) is 0 Å². The fourth-order valence-corrected chi connectivity index (χ4v) is 3.86. The van der Waals surface area contributed by atoms with Crippen molar-refractivity contribution in [1.29, 1.82) is 0 Å². The van der Waals surface area contributed by atoms with Crippen LogP contribution in [-0.2, 0) is 10.2 Å². The maximum absolute atomic E-state index is 13.0. The van der Waals surface area contributed by atoms with E-state index in [1.807, 2.05) is 0 Å². The lowest BCUT2D eigenvalue weighted by Gasteiger charge is -2.32. The van der Waals surface area contributed by atoms with E-state index in [4.69, 9.17) is 0 Å². The second kappa shape index (κ2) is 7.47. The minimum atomic E-state index is -0.281. The molecule has 2 aliphatic rings. The molecule has 2 N–H and O–H groups in total. The van der Waals surface area contributed by atoms with Gasteiger partial charge in [0.05, 0.1) is 5.41 Å². The molecule has 0 radical (unpaired) electrons. The summed E-state index contributed by atoms with van der Waals surface area (Å²) in [7, 11) is 0. The Balaban J connectivity index is 0.00000176. The third-order valence-corrected chi connectivity index (χ3v) is 5.14. The van der Waals surface area contributed by atoms with E-state index in [2.05, 4.69) is 41.8 Å². The van der Waals surface area contributed by atoms with E-state index >= 15 is 0 Å². The molecular formula is C18H27ClN2O. The van der Waals surface area contributed by atoms with Crippen molar-refractivity contribution in [1.82, 2.24) is 10.6 Å². The minimum Gasteiger partial charge on any atom is -0.353 e. The minimum absolute atomic E-state index is 0. The molecular weight excluding hydrogens is 296 g/mol. The molecule has 1 aromatic carbocycles. The van der Waals surface area contributed by atoms with E-state index in [1.54, 1.807) is 0 Å². The molecule has 0 aromatic heterocycles. The van der Waals surface area contributed by atoms with Gasteiger partial charge in [-0.3, -0.25) is 4.79 Å². The highest BCUT2D eigenvalue weighted by Crippen LogP contribution is 2.41. The highest BCUT2D eigenvalue weighted by atomic mass is 35.5. The van der Waals surface area contributed by atoms with Crippen LogP contribution in [0.15, 0.2) is 24.3 Å². The number of hydrogen-bond donors (Lipinski definition) is 2. The summed E-state index contributed by atoms with van der Waals surface area (Å²) in [5, 5.41) is 6.70. The third-order valence-electron chi connectivity index (χ3n) is 5.14. The third kappa shape index (κ3) is 3.47. The largest absolute Gasteiger partial charge is 0.353 e. The Morgan fingerprint density at radius 3 is 2.55 bits per heavy atom. The van der Waals surface area contributed by atoms with Crippen LogP contribution in [-0.4, -0.2) is 25.0 Å². The number of piperidine rings is 1. The Hall–Kier alpha value is -1.06. The molecule has 22 heavy (non-hydrogen) atoms. The summed E-state index contributed by atoms with van der Waals surface area (Å²) >= 11 is 0. The number of halogens is 1. The van der Waals surface area contributed by atoms with Crippen LogP contribution in [0, 0.1) is 6.92 Å². The Kier molecular flexibility index (Phi) is 5.87. The van der Waals surface area contributed by atoms with E-state index in [9.17, 15) is 4.79 Å². The van der Waals surface area contributed by atoms with Gasteiger partial charge >= 0.3 is 0 Å². The number of benzene rings is 1. The van der Waals surface area contributed by atoms with Gasteiger partial charge in [-0.1, -0.05) is 42.7 Å². The predicted molar refractivity (Wildman–Crippen MR) is 92.6 cm³/mol. The van der Waals surface area contributed by atoms with Crippen molar-refractivity contribution in [2.45, 2.75) is 56.9 Å². The molecule has 0 unspecified atom stereocenters. The zero-order chi connectivity index (χ0) is 14.7. The summed E-state index contributed by atoms with van der Waals surface area (Å²) in [4.78, 5) is 13.0. The number of nitrogens with one attached hydrogen (secondary N) is 2. The second-order valence-corrected chi connectivity index (χ2v) is 6.66. The Morgan fingerprint density at radius 1 is 1.23 bits per heavy atom. The summed E-state index contributed by atoms with van der Waals surface area (Å²) in [5.74, 6) is 0.262. The fraction of sp³-hybridized carbons (Fsp3) is 0.611. The monoisotopic (exact) mass is 322 g/mol. The summed E-state index contributed by atoms with van der Waals surface area (Å²) in [5.41, 5.74) is 2.18. The van der Waals surface area contributed by atoms with Crippen LogP contribution in [0.25, 0.3) is 0 Å². The summed E-state index contributed by atoms with van der Waals surface area (Å²) < 4.78 is 0. The molecule has 1 aliphatic carbocycles. The quantitative estimate of drug-likeness (QED) is 0.898. The van der Waals surface area contributed by atoms with Gasteiger partial charge in [0, 0.05) is 6.04 Å². The van der Waals surface area contributed by atoms with E-state index < -0.39 is 0 Å². The van der Waals surface area contributed by atoms with Crippen molar-refractivity contribution in [3.63, 3.8) is 0 Å². The van der Waals surface area contributed by atoms with E-state index in [-0.39, 0.29) is 23.7 Å². The highest BCUT2D eigenvalue weighted by Gasteiger charge is 2.43. The van der Waals surface area contributed by atoms with Gasteiger partial charge in [-0.05, 0) is 51.3 Å². The first-order valence-corrected chi connectivity index (χ1v) is 8.29. The molecule has 0 bridgehead atoms. The standard InChI is InChI=1S/C18H26N2O.ClH/c1-14-5-4-6-15(13-14)18(9-2-3-10-18)17(21)20-16-7-11-19-12-8-16;/h4-6,13,16,19H,2-3,7-12H2,1H3,(H,20,21);1H. The Labute approximate surface area is 139 Å². The molecule has 0 atom stereocenters. The number of rotatable bonds is 3. The Morgan fingerprint density at radius 2 is 1.91 bits per heavy atom. The molecule has 1 saturated heterocycles. The molecule has 1 amide bonds. The van der Waals surface area contributed by atoms with Crippen molar-refractivity contribution in [2.24, 2.45) is 0 Å². The number of carbonyl (C=O) groups excluding carboxylic acids is 1. The lowest BCUT2D eigenvalue weighted by Crippen LogP contribution is -2.50. The Bertz CT molecular complexity index is 506. The average Bonchev–Trinajstić information content (AvgIpc) is 2.99. The SMILES string of the molecule is Cc1cccc(C2(C(=O)NC3CCNCC3)CCCC2)c1.Cl. The van der Waals surface area contributed by atoms with Gasteiger partial charge in [-0.2, -0.15) is 0 Å². The maximum atomic E-state index is 13.0. The van der Waals surface area contributed by atoms with Crippen molar-refractivity contribution in [3.8, 4) is 0 Å². The first-order valence-electron chi connectivity index (χ1n) is 8.29. The smallest absolute Gasteiger partial charge is 0.230 e. The predicted octanol–water partition coefficient (Wildman–Crippen LogP) is 3.10. The number of carbonyl (C=O) groups is 1. The van der Waals surface area contributed by atoms with Crippen LogP contribution in [0.5, 0.6) is 0 Å². The highest BCUT2D eigenvalue weighted by molar-refractivity contribution is 5.89. The molecule has 0 spiro atoms. The van der Waals surface area contributed by atoms with Gasteiger partial charge < -0.3 is 10.6 Å². The van der Waals surface area contributed by atoms with Crippen LogP contribution in [0.1, 0.15) is 49.7 Å². The molecule has 1 heterocycles. The molecule has 3 nitrogen and oxygen atoms in total. The molecule has 122 valence electrons. The summed E-state index contributed by atoms with van der Waals surface area (Å²) in [6.07, 6.45) is 6.41. The van der Waals surface area contributed by atoms with E-state index in [0.29, 0.717) is 6.04 Å². The first kappa shape index (κ1) is 17.3. The van der Waals surface area contributed by atoms with Gasteiger partial charge in [0.25, 0.3) is 0 Å². The normalized spacial score (nSPS) is 21.1. The van der Waals surface area contributed by atoms with Gasteiger partial charge in [-0.25, -0.2) is 0 Å². The van der Waals surface area contributed by atoms with Crippen molar-refractivity contribution >= 4 is 18.3 Å². The van der Waals surface area contributed by atoms with Crippen molar-refractivity contribution in [2.75, 3.05) is 13.1 Å².